The molecule has 2 rings (SSSR count). The van der Waals surface area contributed by atoms with Gasteiger partial charge in [0.1, 0.15) is 5.75 Å². The highest BCUT2D eigenvalue weighted by atomic mass is 16.3. The fourth-order valence-electron chi connectivity index (χ4n) is 1.69. The summed E-state index contributed by atoms with van der Waals surface area (Å²) in [6.45, 7) is 3.83. The molecule has 4 nitrogen and oxygen atoms in total. The van der Waals surface area contributed by atoms with Crippen molar-refractivity contribution in [3.8, 4) is 5.75 Å². The summed E-state index contributed by atoms with van der Waals surface area (Å²) in [5.74, 6) is -0.358. The Kier molecular flexibility index (Phi) is 3.48. The molecule has 4 heteroatoms. The van der Waals surface area contributed by atoms with Crippen molar-refractivity contribution in [3.63, 3.8) is 0 Å². The van der Waals surface area contributed by atoms with Crippen molar-refractivity contribution >= 4 is 16.7 Å². The van der Waals surface area contributed by atoms with Gasteiger partial charge in [-0.05, 0) is 36.8 Å². The van der Waals surface area contributed by atoms with Crippen LogP contribution in [-0.2, 0) is 0 Å². The molecule has 0 bridgehead atoms. The third-order valence-electron chi connectivity index (χ3n) is 2.58. The van der Waals surface area contributed by atoms with Crippen LogP contribution < -0.4 is 10.9 Å². The van der Waals surface area contributed by atoms with Gasteiger partial charge in [0.15, 0.2) is 0 Å². The minimum atomic E-state index is -0.341. The first-order valence-corrected chi connectivity index (χ1v) is 5.85. The van der Waals surface area contributed by atoms with Crippen LogP contribution in [0.25, 0.3) is 10.8 Å². The molecule has 0 heterocycles. The van der Waals surface area contributed by atoms with Crippen molar-refractivity contribution < 1.29 is 9.90 Å². The van der Waals surface area contributed by atoms with Crippen LogP contribution in [0.4, 0.5) is 0 Å². The van der Waals surface area contributed by atoms with E-state index in [0.29, 0.717) is 0 Å². The lowest BCUT2D eigenvalue weighted by atomic mass is 10.1. The monoisotopic (exact) mass is 244 g/mol. The number of hydrogen-bond donors (Lipinski definition) is 3. The van der Waals surface area contributed by atoms with Crippen molar-refractivity contribution in [2.75, 3.05) is 0 Å². The summed E-state index contributed by atoms with van der Waals surface area (Å²) in [4.78, 5) is 11.9. The highest BCUT2D eigenvalue weighted by Gasteiger charge is 2.12. The first-order chi connectivity index (χ1) is 8.58. The third-order valence-corrected chi connectivity index (χ3v) is 2.58. The summed E-state index contributed by atoms with van der Waals surface area (Å²) >= 11 is 0. The fourth-order valence-corrected chi connectivity index (χ4v) is 1.69. The number of hydrazine groups is 1. The van der Waals surface area contributed by atoms with Crippen LogP contribution >= 0.6 is 0 Å². The molecule has 0 aromatic heterocycles. The largest absolute Gasteiger partial charge is 0.507 e. The molecule has 0 aliphatic carbocycles. The van der Waals surface area contributed by atoms with Gasteiger partial charge in [0.05, 0.1) is 5.56 Å². The Morgan fingerprint density at radius 2 is 1.78 bits per heavy atom. The molecule has 2 aromatic carbocycles. The van der Waals surface area contributed by atoms with Gasteiger partial charge in [-0.1, -0.05) is 24.3 Å². The molecule has 0 radical (unpaired) electrons. The van der Waals surface area contributed by atoms with Crippen molar-refractivity contribution in [3.05, 3.63) is 42.0 Å². The van der Waals surface area contributed by atoms with Gasteiger partial charge in [-0.25, -0.2) is 5.43 Å². The first kappa shape index (κ1) is 12.4. The summed E-state index contributed by atoms with van der Waals surface area (Å²) in [6, 6.07) is 11.0. The van der Waals surface area contributed by atoms with E-state index in [1.165, 1.54) is 0 Å². The van der Waals surface area contributed by atoms with E-state index in [1.54, 1.807) is 12.1 Å². The summed E-state index contributed by atoms with van der Waals surface area (Å²) in [7, 11) is 0. The fraction of sp³-hybridized carbons (Fsp3) is 0.214. The minimum absolute atomic E-state index is 0.0169. The molecule has 1 amide bonds. The maximum atomic E-state index is 11.9. The molecule has 94 valence electrons. The maximum Gasteiger partial charge on any atom is 0.269 e. The quantitative estimate of drug-likeness (QED) is 0.725. The molecule has 3 N–H and O–H groups in total. The molecule has 0 saturated carbocycles. The Hall–Kier alpha value is -2.07. The van der Waals surface area contributed by atoms with E-state index in [1.807, 2.05) is 38.1 Å². The Morgan fingerprint density at radius 1 is 1.17 bits per heavy atom. The predicted molar refractivity (Wildman–Crippen MR) is 71.4 cm³/mol. The van der Waals surface area contributed by atoms with Gasteiger partial charge in [0.25, 0.3) is 5.91 Å². The SMILES string of the molecule is CC(C)NNC(=O)c1cc2ccccc2cc1O. The van der Waals surface area contributed by atoms with Crippen LogP contribution in [-0.4, -0.2) is 17.1 Å². The van der Waals surface area contributed by atoms with Gasteiger partial charge >= 0.3 is 0 Å². The standard InChI is InChI=1S/C14H16N2O2/c1-9(2)15-16-14(18)12-7-10-5-3-4-6-11(10)8-13(12)17/h3-9,15,17H,1-2H3,(H,16,18). The molecule has 0 spiro atoms. The number of aromatic hydroxyl groups is 1. The summed E-state index contributed by atoms with van der Waals surface area (Å²) in [5.41, 5.74) is 5.63. The van der Waals surface area contributed by atoms with Crippen LogP contribution in [0.3, 0.4) is 0 Å². The highest BCUT2D eigenvalue weighted by Crippen LogP contribution is 2.24. The number of nitrogens with one attached hydrogen (secondary N) is 2. The van der Waals surface area contributed by atoms with Gasteiger partial charge in [0, 0.05) is 6.04 Å². The molecule has 0 saturated heterocycles. The smallest absolute Gasteiger partial charge is 0.269 e. The number of benzene rings is 2. The average molecular weight is 244 g/mol. The van der Waals surface area contributed by atoms with Crippen molar-refractivity contribution in [2.24, 2.45) is 0 Å². The summed E-state index contributed by atoms with van der Waals surface area (Å²) < 4.78 is 0. The van der Waals surface area contributed by atoms with Crippen molar-refractivity contribution in [2.45, 2.75) is 19.9 Å². The van der Waals surface area contributed by atoms with Crippen LogP contribution in [0.1, 0.15) is 24.2 Å². The first-order valence-electron chi connectivity index (χ1n) is 5.85. The number of amides is 1. The number of rotatable bonds is 3. The number of carbonyl (C=O) groups excluding carboxylic acids is 1. The number of carbonyl (C=O) groups is 1. The zero-order valence-corrected chi connectivity index (χ0v) is 10.4. The molecule has 18 heavy (non-hydrogen) atoms. The predicted octanol–water partition coefficient (Wildman–Crippen LogP) is 2.19. The van der Waals surface area contributed by atoms with E-state index in [0.717, 1.165) is 10.8 Å². The zero-order valence-electron chi connectivity index (χ0n) is 10.4. The van der Waals surface area contributed by atoms with E-state index < -0.39 is 0 Å². The van der Waals surface area contributed by atoms with Crippen LogP contribution in [0, 0.1) is 0 Å². The van der Waals surface area contributed by atoms with E-state index >= 15 is 0 Å². The Balaban J connectivity index is 2.32. The third kappa shape index (κ3) is 2.60. The van der Waals surface area contributed by atoms with Gasteiger partial charge in [-0.2, -0.15) is 0 Å². The van der Waals surface area contributed by atoms with Crippen molar-refractivity contribution in [1.29, 1.82) is 0 Å². The van der Waals surface area contributed by atoms with Crippen LogP contribution in [0.15, 0.2) is 36.4 Å². The van der Waals surface area contributed by atoms with Crippen LogP contribution in [0.2, 0.25) is 0 Å². The molecule has 0 atom stereocenters. The van der Waals surface area contributed by atoms with Gasteiger partial charge in [-0.3, -0.25) is 10.2 Å². The van der Waals surface area contributed by atoms with Gasteiger partial charge in [0.2, 0.25) is 0 Å². The molecule has 0 unspecified atom stereocenters. The maximum absolute atomic E-state index is 11.9. The second-order valence-corrected chi connectivity index (χ2v) is 4.47. The van der Waals surface area contributed by atoms with E-state index in [4.69, 9.17) is 0 Å². The lowest BCUT2D eigenvalue weighted by Gasteiger charge is -2.11. The highest BCUT2D eigenvalue weighted by molar-refractivity contribution is 6.01. The number of fused-ring (bicyclic) bond motifs is 1. The lowest BCUT2D eigenvalue weighted by molar-refractivity contribution is 0.0925. The molecule has 0 aliphatic rings. The Morgan fingerprint density at radius 3 is 2.39 bits per heavy atom. The normalized spacial score (nSPS) is 10.8. The minimum Gasteiger partial charge on any atom is -0.507 e. The molecular weight excluding hydrogens is 228 g/mol. The molecule has 0 fully saturated rings. The lowest BCUT2D eigenvalue weighted by Crippen LogP contribution is -2.41. The summed E-state index contributed by atoms with van der Waals surface area (Å²) in [6.07, 6.45) is 0. The second kappa shape index (κ2) is 5.06. The second-order valence-electron chi connectivity index (χ2n) is 4.47. The van der Waals surface area contributed by atoms with Crippen molar-refractivity contribution in [1.82, 2.24) is 10.9 Å². The molecule has 2 aromatic rings. The number of phenolic OH excluding ortho intramolecular Hbond substituents is 1. The molecular formula is C14H16N2O2. The van der Waals surface area contributed by atoms with Crippen LogP contribution in [0.5, 0.6) is 5.75 Å². The average Bonchev–Trinajstić information content (AvgIpc) is 2.35. The van der Waals surface area contributed by atoms with E-state index in [9.17, 15) is 9.90 Å². The Bertz CT molecular complexity index is 579. The van der Waals surface area contributed by atoms with Gasteiger partial charge < -0.3 is 5.11 Å². The molecule has 0 aliphatic heterocycles. The number of hydrogen-bond acceptors (Lipinski definition) is 3. The van der Waals surface area contributed by atoms with E-state index in [2.05, 4.69) is 10.9 Å². The zero-order chi connectivity index (χ0) is 13.1. The summed E-state index contributed by atoms with van der Waals surface area (Å²) in [5, 5.41) is 11.7. The van der Waals surface area contributed by atoms with E-state index in [-0.39, 0.29) is 23.3 Å². The number of phenols is 1. The topological polar surface area (TPSA) is 61.4 Å². The Labute approximate surface area is 106 Å². The van der Waals surface area contributed by atoms with Gasteiger partial charge in [-0.15, -0.1) is 0 Å².